The van der Waals surface area contributed by atoms with Gasteiger partial charge in [-0.3, -0.25) is 0 Å². The lowest BCUT2D eigenvalue weighted by Gasteiger charge is -2.08. The molecule has 108 valence electrons. The molecule has 0 fully saturated rings. The van der Waals surface area contributed by atoms with E-state index < -0.39 is 12.0 Å². The Hall–Kier alpha value is -2.24. The number of carbonyl (C=O) groups excluding carboxylic acids is 2. The van der Waals surface area contributed by atoms with E-state index in [1.54, 1.807) is 24.3 Å². The van der Waals surface area contributed by atoms with Gasteiger partial charge >= 0.3 is 12.0 Å². The van der Waals surface area contributed by atoms with Crippen molar-refractivity contribution in [2.24, 2.45) is 5.73 Å². The largest absolute Gasteiger partial charge is 0.421 e. The van der Waals surface area contributed by atoms with Gasteiger partial charge in [-0.05, 0) is 30.3 Å². The lowest BCUT2D eigenvalue weighted by Crippen LogP contribution is -2.19. The Morgan fingerprint density at radius 3 is 2.52 bits per heavy atom. The summed E-state index contributed by atoms with van der Waals surface area (Å²) >= 11 is 11.8. The molecule has 0 aliphatic carbocycles. The summed E-state index contributed by atoms with van der Waals surface area (Å²) in [6.07, 6.45) is 0. The lowest BCUT2D eigenvalue weighted by molar-refractivity contribution is 0.0735. The summed E-state index contributed by atoms with van der Waals surface area (Å²) in [5, 5.41) is 2.80. The second-order valence-corrected chi connectivity index (χ2v) is 4.80. The summed E-state index contributed by atoms with van der Waals surface area (Å²) < 4.78 is 5.17. The molecular weight excluding hydrogens is 315 g/mol. The van der Waals surface area contributed by atoms with E-state index in [4.69, 9.17) is 33.7 Å². The lowest BCUT2D eigenvalue weighted by atomic mass is 10.2. The van der Waals surface area contributed by atoms with Gasteiger partial charge in [0.05, 0.1) is 10.6 Å². The molecule has 7 heteroatoms. The number of urea groups is 1. The van der Waals surface area contributed by atoms with Crippen LogP contribution < -0.4 is 15.8 Å². The van der Waals surface area contributed by atoms with Gasteiger partial charge in [-0.1, -0.05) is 35.3 Å². The van der Waals surface area contributed by atoms with Crippen molar-refractivity contribution >= 4 is 40.9 Å². The van der Waals surface area contributed by atoms with Crippen molar-refractivity contribution in [3.05, 3.63) is 58.1 Å². The molecule has 0 atom stereocenters. The van der Waals surface area contributed by atoms with Crippen LogP contribution in [0.15, 0.2) is 42.5 Å². The van der Waals surface area contributed by atoms with E-state index in [1.165, 1.54) is 18.2 Å². The fourth-order valence-electron chi connectivity index (χ4n) is 1.59. The van der Waals surface area contributed by atoms with Gasteiger partial charge in [0.1, 0.15) is 5.02 Å². The Balaban J connectivity index is 2.20. The SMILES string of the molecule is NC(=O)Nc1cccc(C(=O)Oc2cccc(Cl)c2Cl)c1. The number of amides is 2. The zero-order valence-electron chi connectivity index (χ0n) is 10.6. The highest BCUT2D eigenvalue weighted by Crippen LogP contribution is 2.32. The minimum atomic E-state index is -0.724. The van der Waals surface area contributed by atoms with E-state index in [2.05, 4.69) is 5.32 Å². The minimum Gasteiger partial charge on any atom is -0.421 e. The van der Waals surface area contributed by atoms with Gasteiger partial charge in [-0.15, -0.1) is 0 Å². The average Bonchev–Trinajstić information content (AvgIpc) is 2.43. The molecule has 3 N–H and O–H groups in total. The number of halogens is 2. The summed E-state index contributed by atoms with van der Waals surface area (Å²) in [5.41, 5.74) is 5.63. The zero-order valence-corrected chi connectivity index (χ0v) is 12.1. The monoisotopic (exact) mass is 324 g/mol. The summed E-state index contributed by atoms with van der Waals surface area (Å²) in [7, 11) is 0. The Bertz CT molecular complexity index is 704. The second-order valence-electron chi connectivity index (χ2n) is 4.01. The van der Waals surface area contributed by atoms with Gasteiger partial charge in [-0.25, -0.2) is 9.59 Å². The van der Waals surface area contributed by atoms with Crippen LogP contribution >= 0.6 is 23.2 Å². The highest BCUT2D eigenvalue weighted by Gasteiger charge is 2.13. The molecule has 0 aliphatic heterocycles. The number of esters is 1. The number of ether oxygens (including phenoxy) is 1. The topological polar surface area (TPSA) is 81.4 Å². The number of primary amides is 1. The van der Waals surface area contributed by atoms with Gasteiger partial charge in [0.2, 0.25) is 0 Å². The number of anilines is 1. The first-order valence-corrected chi connectivity index (χ1v) is 6.55. The molecule has 2 rings (SSSR count). The molecule has 0 bridgehead atoms. The predicted molar refractivity (Wildman–Crippen MR) is 81.1 cm³/mol. The van der Waals surface area contributed by atoms with Crippen molar-refractivity contribution in [2.75, 3.05) is 5.32 Å². The summed E-state index contributed by atoms with van der Waals surface area (Å²) in [4.78, 5) is 22.8. The first-order valence-electron chi connectivity index (χ1n) is 5.80. The first-order chi connectivity index (χ1) is 9.97. The molecule has 2 amide bonds. The maximum atomic E-state index is 12.0. The standard InChI is InChI=1S/C14H10Cl2N2O3/c15-10-5-2-6-11(12(10)16)21-13(19)8-3-1-4-9(7-8)18-14(17)20/h1-7H,(H3,17,18,20). The maximum absolute atomic E-state index is 12.0. The summed E-state index contributed by atoms with van der Waals surface area (Å²) in [5.74, 6) is -0.477. The predicted octanol–water partition coefficient (Wildman–Crippen LogP) is 3.70. The first kappa shape index (κ1) is 15.2. The van der Waals surface area contributed by atoms with E-state index in [-0.39, 0.29) is 21.4 Å². The normalized spacial score (nSPS) is 10.0. The van der Waals surface area contributed by atoms with Crippen molar-refractivity contribution in [1.82, 2.24) is 0 Å². The van der Waals surface area contributed by atoms with Crippen LogP contribution in [-0.4, -0.2) is 12.0 Å². The zero-order chi connectivity index (χ0) is 15.4. The van der Waals surface area contributed by atoms with Crippen LogP contribution in [0.5, 0.6) is 5.75 Å². The van der Waals surface area contributed by atoms with Gasteiger partial charge < -0.3 is 15.8 Å². The fraction of sp³-hybridized carbons (Fsp3) is 0. The Morgan fingerprint density at radius 1 is 1.10 bits per heavy atom. The number of nitrogens with two attached hydrogens (primary N) is 1. The Morgan fingerprint density at radius 2 is 1.81 bits per heavy atom. The van der Waals surface area contributed by atoms with E-state index in [9.17, 15) is 9.59 Å². The molecule has 5 nitrogen and oxygen atoms in total. The average molecular weight is 325 g/mol. The quantitative estimate of drug-likeness (QED) is 0.667. The number of rotatable bonds is 3. The molecule has 21 heavy (non-hydrogen) atoms. The van der Waals surface area contributed by atoms with Crippen LogP contribution in [0.2, 0.25) is 10.0 Å². The molecule has 2 aromatic carbocycles. The summed E-state index contributed by atoms with van der Waals surface area (Å²) in [6, 6.07) is 10.1. The number of hydrogen-bond acceptors (Lipinski definition) is 3. The van der Waals surface area contributed by atoms with E-state index >= 15 is 0 Å². The van der Waals surface area contributed by atoms with Gasteiger partial charge in [0.15, 0.2) is 5.75 Å². The third-order valence-electron chi connectivity index (χ3n) is 2.48. The third-order valence-corrected chi connectivity index (χ3v) is 3.29. The van der Waals surface area contributed by atoms with Gasteiger partial charge in [0, 0.05) is 5.69 Å². The van der Waals surface area contributed by atoms with E-state index in [1.807, 2.05) is 0 Å². The molecule has 0 saturated heterocycles. The highest BCUT2D eigenvalue weighted by atomic mass is 35.5. The molecule has 0 radical (unpaired) electrons. The van der Waals surface area contributed by atoms with Crippen molar-refractivity contribution in [3.8, 4) is 5.75 Å². The number of nitrogens with one attached hydrogen (secondary N) is 1. The highest BCUT2D eigenvalue weighted by molar-refractivity contribution is 6.43. The molecule has 0 spiro atoms. The molecule has 2 aromatic rings. The molecule has 0 heterocycles. The number of carbonyl (C=O) groups is 2. The smallest absolute Gasteiger partial charge is 0.343 e. The van der Waals surface area contributed by atoms with Crippen LogP contribution in [0.1, 0.15) is 10.4 Å². The molecule has 0 unspecified atom stereocenters. The van der Waals surface area contributed by atoms with Crippen LogP contribution in [-0.2, 0) is 0 Å². The van der Waals surface area contributed by atoms with Crippen molar-refractivity contribution < 1.29 is 14.3 Å². The van der Waals surface area contributed by atoms with Crippen LogP contribution in [0.25, 0.3) is 0 Å². The van der Waals surface area contributed by atoms with Crippen molar-refractivity contribution in [3.63, 3.8) is 0 Å². The minimum absolute atomic E-state index is 0.152. The molecule has 0 saturated carbocycles. The molecular formula is C14H10Cl2N2O3. The maximum Gasteiger partial charge on any atom is 0.343 e. The summed E-state index contributed by atoms with van der Waals surface area (Å²) in [6.45, 7) is 0. The Kier molecular flexibility index (Phi) is 4.67. The fourth-order valence-corrected chi connectivity index (χ4v) is 1.92. The van der Waals surface area contributed by atoms with Gasteiger partial charge in [0.25, 0.3) is 0 Å². The van der Waals surface area contributed by atoms with Crippen LogP contribution in [0, 0.1) is 0 Å². The van der Waals surface area contributed by atoms with E-state index in [0.717, 1.165) is 0 Å². The van der Waals surface area contributed by atoms with Crippen molar-refractivity contribution in [2.45, 2.75) is 0 Å². The molecule has 0 aliphatic rings. The second kappa shape index (κ2) is 6.47. The third kappa shape index (κ3) is 3.87. The Labute approximate surface area is 130 Å². The van der Waals surface area contributed by atoms with Gasteiger partial charge in [-0.2, -0.15) is 0 Å². The number of hydrogen-bond donors (Lipinski definition) is 2. The number of benzene rings is 2. The molecule has 0 aromatic heterocycles. The van der Waals surface area contributed by atoms with Crippen molar-refractivity contribution in [1.29, 1.82) is 0 Å². The van der Waals surface area contributed by atoms with Crippen LogP contribution in [0.4, 0.5) is 10.5 Å². The van der Waals surface area contributed by atoms with E-state index in [0.29, 0.717) is 5.69 Å². The van der Waals surface area contributed by atoms with Crippen LogP contribution in [0.3, 0.4) is 0 Å².